The molecule has 0 amide bonds. The molecule has 0 aliphatic heterocycles. The summed E-state index contributed by atoms with van der Waals surface area (Å²) in [6.45, 7) is 0. The Morgan fingerprint density at radius 2 is 1.09 bits per heavy atom. The van der Waals surface area contributed by atoms with E-state index in [2.05, 4.69) is 47.0 Å². The molecule has 0 N–H and O–H groups in total. The fourth-order valence-corrected chi connectivity index (χ4v) is 6.52. The van der Waals surface area contributed by atoms with E-state index < -0.39 is 6.04 Å². The molecule has 4 heteroatoms. The van der Waals surface area contributed by atoms with Crippen molar-refractivity contribution in [2.75, 3.05) is 0 Å². The van der Waals surface area contributed by atoms with Crippen LogP contribution >= 0.6 is 0 Å². The monoisotopic (exact) mass is 565 g/mol. The van der Waals surface area contributed by atoms with Crippen molar-refractivity contribution in [3.8, 4) is 28.7 Å². The highest BCUT2D eigenvalue weighted by atomic mass is 15.1. The quantitative estimate of drug-likeness (QED) is 0.214. The molecule has 44 heavy (non-hydrogen) atoms. The molecule has 3 heterocycles. The fourth-order valence-electron chi connectivity index (χ4n) is 6.52. The average molecular weight is 566 g/mol. The zero-order valence-electron chi connectivity index (χ0n) is 28.3. The summed E-state index contributed by atoms with van der Waals surface area (Å²) >= 11 is 0. The van der Waals surface area contributed by atoms with Gasteiger partial charge in [0.05, 0.1) is 46.1 Å². The highest BCUT2D eigenvalue weighted by Gasteiger charge is 2.17. The van der Waals surface area contributed by atoms with Gasteiger partial charge in [-0.05, 0) is 71.7 Å². The Morgan fingerprint density at radius 1 is 0.545 bits per heavy atom. The molecular weight excluding hydrogens is 536 g/mol. The third kappa shape index (κ3) is 3.54. The topological polar surface area (TPSA) is 46.5 Å². The summed E-state index contributed by atoms with van der Waals surface area (Å²) in [5.41, 5.74) is 6.89. The highest BCUT2D eigenvalue weighted by Crippen LogP contribution is 2.38. The number of fused-ring (bicyclic) bond motifs is 7. The van der Waals surface area contributed by atoms with E-state index >= 15 is 0 Å². The van der Waals surface area contributed by atoms with Crippen molar-refractivity contribution in [2.45, 2.75) is 0 Å². The zero-order chi connectivity index (χ0) is 33.6. The number of para-hydroxylation sites is 4. The van der Waals surface area contributed by atoms with Gasteiger partial charge < -0.3 is 4.57 Å². The molecule has 0 fully saturated rings. The van der Waals surface area contributed by atoms with Crippen LogP contribution in [0.25, 0.3) is 77.1 Å². The Bertz CT molecular complexity index is 2890. The van der Waals surface area contributed by atoms with Gasteiger partial charge >= 0.3 is 0 Å². The lowest BCUT2D eigenvalue weighted by Crippen LogP contribution is -1.99. The lowest BCUT2D eigenvalue weighted by Gasteiger charge is -2.10. The summed E-state index contributed by atoms with van der Waals surface area (Å²) in [6.07, 6.45) is 0. The first-order valence-corrected chi connectivity index (χ1v) is 14.3. The van der Waals surface area contributed by atoms with Crippen molar-refractivity contribution in [1.82, 2.24) is 14.1 Å². The number of hydrogen-bond donors (Lipinski definition) is 0. The molecule has 0 spiro atoms. The zero-order valence-corrected chi connectivity index (χ0v) is 23.3. The van der Waals surface area contributed by atoms with E-state index in [1.807, 2.05) is 78.9 Å². The molecule has 9 rings (SSSR count). The minimum absolute atomic E-state index is 0.126. The van der Waals surface area contributed by atoms with Gasteiger partial charge in [-0.2, -0.15) is 5.26 Å². The van der Waals surface area contributed by atoms with Crippen LogP contribution in [0, 0.1) is 11.3 Å². The lowest BCUT2D eigenvalue weighted by molar-refractivity contribution is 1.10. The molecule has 0 unspecified atom stereocenters. The predicted molar refractivity (Wildman–Crippen MR) is 181 cm³/mol. The number of aromatic nitrogens is 3. The van der Waals surface area contributed by atoms with Gasteiger partial charge in [0.25, 0.3) is 0 Å². The van der Waals surface area contributed by atoms with Crippen LogP contribution in [0.15, 0.2) is 145 Å². The number of nitrogens with zero attached hydrogens (tertiary/aromatic N) is 4. The van der Waals surface area contributed by atoms with Crippen LogP contribution in [0.2, 0.25) is 0 Å². The first kappa shape index (κ1) is 19.9. The number of pyridine rings is 1. The van der Waals surface area contributed by atoms with Crippen molar-refractivity contribution in [3.63, 3.8) is 0 Å². The second-order valence-electron chi connectivity index (χ2n) is 10.8. The Hall–Kier alpha value is -6.18. The van der Waals surface area contributed by atoms with Crippen LogP contribution < -0.4 is 0 Å². The number of rotatable bonds is 3. The fraction of sp³-hybridized carbons (Fsp3) is 0. The van der Waals surface area contributed by atoms with Gasteiger partial charge in [0.1, 0.15) is 5.82 Å². The first-order chi connectivity index (χ1) is 23.9. The van der Waals surface area contributed by atoms with Crippen molar-refractivity contribution >= 4 is 54.5 Å². The standard InChI is InChI=1S/C40H24N4/c41-25-28-24-40(42-35-15-7-4-12-30(28)35)44-37-17-9-6-14-32(37)34-23-27(19-21-39(34)44)26-18-20-38-33(22-26)31-13-5-8-16-36(31)43(38)29-10-2-1-3-11-29/h1-24H/i1D,2D,3D,10D,11D. The normalized spacial score (nSPS) is 13.2. The van der Waals surface area contributed by atoms with E-state index in [1.54, 1.807) is 4.57 Å². The molecule has 0 aliphatic carbocycles. The Morgan fingerprint density at radius 3 is 1.75 bits per heavy atom. The number of nitriles is 1. The Balaban J connectivity index is 1.26. The van der Waals surface area contributed by atoms with Crippen molar-refractivity contribution in [3.05, 3.63) is 151 Å². The smallest absolute Gasteiger partial charge is 0.139 e. The molecular formula is C40H24N4. The molecule has 0 atom stereocenters. The van der Waals surface area contributed by atoms with E-state index in [1.165, 1.54) is 0 Å². The molecule has 4 nitrogen and oxygen atoms in total. The van der Waals surface area contributed by atoms with E-state index in [9.17, 15) is 5.26 Å². The molecule has 204 valence electrons. The van der Waals surface area contributed by atoms with Gasteiger partial charge in [-0.1, -0.05) is 84.9 Å². The maximum Gasteiger partial charge on any atom is 0.139 e. The van der Waals surface area contributed by atoms with E-state index in [4.69, 9.17) is 11.8 Å². The van der Waals surface area contributed by atoms with E-state index in [-0.39, 0.29) is 29.9 Å². The van der Waals surface area contributed by atoms with Gasteiger partial charge in [-0.3, -0.25) is 4.57 Å². The number of benzene rings is 6. The third-order valence-corrected chi connectivity index (χ3v) is 8.44. The molecule has 6 aromatic carbocycles. The lowest BCUT2D eigenvalue weighted by atomic mass is 10.0. The van der Waals surface area contributed by atoms with Gasteiger partial charge in [0, 0.05) is 32.6 Å². The highest BCUT2D eigenvalue weighted by molar-refractivity contribution is 6.12. The first-order valence-electron chi connectivity index (χ1n) is 16.8. The molecule has 0 aliphatic rings. The van der Waals surface area contributed by atoms with Crippen molar-refractivity contribution in [1.29, 1.82) is 5.26 Å². The number of hydrogen-bond acceptors (Lipinski definition) is 2. The third-order valence-electron chi connectivity index (χ3n) is 8.44. The molecule has 9 aromatic rings. The van der Waals surface area contributed by atoms with Crippen molar-refractivity contribution < 1.29 is 6.85 Å². The van der Waals surface area contributed by atoms with Crippen LogP contribution in [-0.2, 0) is 0 Å². The summed E-state index contributed by atoms with van der Waals surface area (Å²) in [6, 6.07) is 38.6. The van der Waals surface area contributed by atoms with E-state index in [0.717, 1.165) is 65.6 Å². The molecule has 0 saturated carbocycles. The van der Waals surface area contributed by atoms with Gasteiger partial charge in [-0.25, -0.2) is 4.98 Å². The molecule has 0 saturated heterocycles. The summed E-state index contributed by atoms with van der Waals surface area (Å²) < 4.78 is 46.0. The second-order valence-corrected chi connectivity index (χ2v) is 10.8. The Labute approximate surface area is 260 Å². The largest absolute Gasteiger partial charge is 0.309 e. The van der Waals surface area contributed by atoms with Crippen LogP contribution in [0.4, 0.5) is 0 Å². The minimum Gasteiger partial charge on any atom is -0.309 e. The van der Waals surface area contributed by atoms with Crippen LogP contribution in [0.5, 0.6) is 0 Å². The SMILES string of the molecule is [2H]c1c([2H])c([2H])c(-n2c3ccccc3c3cc(-c4ccc5c(c4)c4ccccc4n5-c4cc(C#N)c5ccccc5n4)ccc32)c([2H])c1[2H]. The second kappa shape index (κ2) is 9.42. The maximum absolute atomic E-state index is 9.99. The minimum atomic E-state index is -0.416. The molecule has 0 radical (unpaired) electrons. The summed E-state index contributed by atoms with van der Waals surface area (Å²) in [4.78, 5) is 4.97. The van der Waals surface area contributed by atoms with Gasteiger partial charge in [0.2, 0.25) is 0 Å². The van der Waals surface area contributed by atoms with Crippen LogP contribution in [-0.4, -0.2) is 14.1 Å². The molecule has 0 bridgehead atoms. The maximum atomic E-state index is 9.99. The van der Waals surface area contributed by atoms with Crippen molar-refractivity contribution in [2.24, 2.45) is 0 Å². The Kier molecular flexibility index (Phi) is 4.25. The van der Waals surface area contributed by atoms with E-state index in [0.29, 0.717) is 11.4 Å². The van der Waals surface area contributed by atoms with Gasteiger partial charge in [-0.15, -0.1) is 0 Å². The summed E-state index contributed by atoms with van der Waals surface area (Å²) in [5, 5.41) is 14.7. The van der Waals surface area contributed by atoms with Crippen LogP contribution in [0.1, 0.15) is 12.4 Å². The summed E-state index contributed by atoms with van der Waals surface area (Å²) in [7, 11) is 0. The van der Waals surface area contributed by atoms with Gasteiger partial charge in [0.15, 0.2) is 0 Å². The molecule has 3 aromatic heterocycles. The average Bonchev–Trinajstić information content (AvgIpc) is 3.65. The summed E-state index contributed by atoms with van der Waals surface area (Å²) in [5.74, 6) is 0.677. The van der Waals surface area contributed by atoms with Crippen LogP contribution in [0.3, 0.4) is 0 Å². The predicted octanol–water partition coefficient (Wildman–Crippen LogP) is 9.97.